The Morgan fingerprint density at radius 2 is 1.80 bits per heavy atom. The van der Waals surface area contributed by atoms with E-state index in [1.165, 1.54) is 32.1 Å². The van der Waals surface area contributed by atoms with Gasteiger partial charge >= 0.3 is 0 Å². The Morgan fingerprint density at radius 3 is 2.35 bits per heavy atom. The van der Waals surface area contributed by atoms with Gasteiger partial charge in [0.05, 0.1) is 5.60 Å². The topological polar surface area (TPSA) is 61.4 Å². The molecular formula is C16H26N2O2. The number of hydrogen-bond acceptors (Lipinski definition) is 3. The lowest BCUT2D eigenvalue weighted by atomic mass is 9.51. The van der Waals surface area contributed by atoms with E-state index in [1.54, 1.807) is 0 Å². The second-order valence-corrected chi connectivity index (χ2v) is 7.83. The fourth-order valence-corrected chi connectivity index (χ4v) is 5.60. The first-order valence-corrected chi connectivity index (χ1v) is 8.34. The standard InChI is InChI=1S/C16H26N2O2/c19-15(18-9-16(20)1-2-17-8-16)14-12-4-10-3-11(6-12)7-13(14)5-10/h10-14,17,20H,1-9H2,(H,18,19). The Balaban J connectivity index is 1.39. The first-order valence-electron chi connectivity index (χ1n) is 8.34. The Morgan fingerprint density at radius 1 is 1.15 bits per heavy atom. The van der Waals surface area contributed by atoms with Crippen LogP contribution in [0.15, 0.2) is 0 Å². The van der Waals surface area contributed by atoms with Crippen LogP contribution in [0.4, 0.5) is 0 Å². The molecule has 1 saturated heterocycles. The number of nitrogens with one attached hydrogen (secondary N) is 2. The lowest BCUT2D eigenvalue weighted by Gasteiger charge is -2.53. The molecule has 1 amide bonds. The second kappa shape index (κ2) is 4.70. The van der Waals surface area contributed by atoms with Crippen LogP contribution < -0.4 is 10.6 Å². The second-order valence-electron chi connectivity index (χ2n) is 7.83. The summed E-state index contributed by atoms with van der Waals surface area (Å²) in [6.07, 6.45) is 7.27. The average molecular weight is 278 g/mol. The van der Waals surface area contributed by atoms with Gasteiger partial charge in [0, 0.05) is 19.0 Å². The molecule has 1 unspecified atom stereocenters. The number of hydrogen-bond donors (Lipinski definition) is 3. The SMILES string of the molecule is O=C(NCC1(O)CCNC1)C1C2CC3CC(C2)CC1C3. The van der Waals surface area contributed by atoms with E-state index in [-0.39, 0.29) is 11.8 Å². The van der Waals surface area contributed by atoms with E-state index >= 15 is 0 Å². The van der Waals surface area contributed by atoms with Crippen molar-refractivity contribution < 1.29 is 9.90 Å². The first kappa shape index (κ1) is 13.1. The van der Waals surface area contributed by atoms with E-state index in [2.05, 4.69) is 10.6 Å². The van der Waals surface area contributed by atoms with Gasteiger partial charge in [0.1, 0.15) is 0 Å². The highest BCUT2D eigenvalue weighted by molar-refractivity contribution is 5.79. The van der Waals surface area contributed by atoms with Crippen LogP contribution in [-0.2, 0) is 4.79 Å². The van der Waals surface area contributed by atoms with Crippen LogP contribution in [0.5, 0.6) is 0 Å². The van der Waals surface area contributed by atoms with Gasteiger partial charge in [0.15, 0.2) is 0 Å². The molecule has 4 heteroatoms. The van der Waals surface area contributed by atoms with Crippen molar-refractivity contribution in [2.75, 3.05) is 19.6 Å². The maximum Gasteiger partial charge on any atom is 0.223 e. The van der Waals surface area contributed by atoms with Gasteiger partial charge in [-0.2, -0.15) is 0 Å². The predicted molar refractivity (Wildman–Crippen MR) is 76.0 cm³/mol. The lowest BCUT2D eigenvalue weighted by Crippen LogP contribution is -2.53. The Kier molecular flexibility index (Phi) is 3.08. The summed E-state index contributed by atoms with van der Waals surface area (Å²) < 4.78 is 0. The molecule has 0 radical (unpaired) electrons. The summed E-state index contributed by atoms with van der Waals surface area (Å²) in [5.41, 5.74) is -0.721. The highest BCUT2D eigenvalue weighted by atomic mass is 16.3. The van der Waals surface area contributed by atoms with Crippen LogP contribution in [-0.4, -0.2) is 36.2 Å². The maximum atomic E-state index is 12.6. The molecule has 5 rings (SSSR count). The highest BCUT2D eigenvalue weighted by Gasteiger charge is 2.50. The van der Waals surface area contributed by atoms with Gasteiger partial charge in [-0.1, -0.05) is 0 Å². The van der Waals surface area contributed by atoms with Crippen molar-refractivity contribution in [2.24, 2.45) is 29.6 Å². The van der Waals surface area contributed by atoms with Crippen molar-refractivity contribution in [1.82, 2.24) is 10.6 Å². The lowest BCUT2D eigenvalue weighted by molar-refractivity contribution is -0.139. The normalized spacial score (nSPS) is 49.5. The Labute approximate surface area is 120 Å². The third kappa shape index (κ3) is 2.17. The zero-order chi connectivity index (χ0) is 13.7. The summed E-state index contributed by atoms with van der Waals surface area (Å²) in [4.78, 5) is 12.6. The molecule has 4 aliphatic carbocycles. The highest BCUT2D eigenvalue weighted by Crippen LogP contribution is 2.56. The van der Waals surface area contributed by atoms with Gasteiger partial charge in [-0.3, -0.25) is 4.79 Å². The first-order chi connectivity index (χ1) is 9.63. The van der Waals surface area contributed by atoms with Crippen LogP contribution in [0.2, 0.25) is 0 Å². The van der Waals surface area contributed by atoms with Gasteiger partial charge in [0.2, 0.25) is 5.91 Å². The van der Waals surface area contributed by atoms with Crippen molar-refractivity contribution >= 4 is 5.91 Å². The molecular weight excluding hydrogens is 252 g/mol. The minimum Gasteiger partial charge on any atom is -0.387 e. The van der Waals surface area contributed by atoms with Crippen molar-refractivity contribution in [1.29, 1.82) is 0 Å². The van der Waals surface area contributed by atoms with E-state index in [9.17, 15) is 9.90 Å². The minimum atomic E-state index is -0.721. The molecule has 1 heterocycles. The summed E-state index contributed by atoms with van der Waals surface area (Å²) in [5.74, 6) is 3.53. The van der Waals surface area contributed by atoms with Gasteiger partial charge < -0.3 is 15.7 Å². The molecule has 0 aromatic rings. The van der Waals surface area contributed by atoms with Gasteiger partial charge in [0.25, 0.3) is 0 Å². The third-order valence-electron chi connectivity index (χ3n) is 6.34. The number of amides is 1. The Bertz CT molecular complexity index is 375. The average Bonchev–Trinajstić information content (AvgIpc) is 2.83. The number of carbonyl (C=O) groups is 1. The molecule has 1 aliphatic heterocycles. The van der Waals surface area contributed by atoms with E-state index < -0.39 is 5.60 Å². The number of rotatable bonds is 3. The summed E-state index contributed by atoms with van der Waals surface area (Å²) >= 11 is 0. The molecule has 5 fully saturated rings. The van der Waals surface area contributed by atoms with Crippen LogP contribution in [0.3, 0.4) is 0 Å². The molecule has 4 saturated carbocycles. The van der Waals surface area contributed by atoms with Crippen molar-refractivity contribution in [3.63, 3.8) is 0 Å². The Hall–Kier alpha value is -0.610. The van der Waals surface area contributed by atoms with Crippen LogP contribution in [0, 0.1) is 29.6 Å². The number of β-amino-alcohol motifs (C(OH)–C–C–N with tert-alkyl or cyclic N) is 1. The monoisotopic (exact) mass is 278 g/mol. The van der Waals surface area contributed by atoms with Crippen molar-refractivity contribution in [2.45, 2.75) is 44.1 Å². The smallest absolute Gasteiger partial charge is 0.223 e. The fourth-order valence-electron chi connectivity index (χ4n) is 5.60. The van der Waals surface area contributed by atoms with Crippen LogP contribution in [0.25, 0.3) is 0 Å². The van der Waals surface area contributed by atoms with E-state index in [0.717, 1.165) is 24.8 Å². The zero-order valence-electron chi connectivity index (χ0n) is 12.1. The number of carbonyl (C=O) groups excluding carboxylic acids is 1. The predicted octanol–water partition coefficient (Wildman–Crippen LogP) is 0.899. The molecule has 3 N–H and O–H groups in total. The van der Waals surface area contributed by atoms with Crippen LogP contribution >= 0.6 is 0 Å². The van der Waals surface area contributed by atoms with E-state index in [0.29, 0.717) is 24.9 Å². The summed E-state index contributed by atoms with van der Waals surface area (Å²) in [7, 11) is 0. The molecule has 0 aromatic heterocycles. The number of aliphatic hydroxyl groups is 1. The minimum absolute atomic E-state index is 0.221. The zero-order valence-corrected chi connectivity index (χ0v) is 12.1. The van der Waals surface area contributed by atoms with Gasteiger partial charge in [-0.05, 0) is 68.7 Å². The largest absolute Gasteiger partial charge is 0.387 e. The fraction of sp³-hybridized carbons (Fsp3) is 0.938. The molecule has 0 spiro atoms. The molecule has 4 nitrogen and oxygen atoms in total. The van der Waals surface area contributed by atoms with Crippen molar-refractivity contribution in [3.05, 3.63) is 0 Å². The van der Waals surface area contributed by atoms with E-state index in [1.807, 2.05) is 0 Å². The maximum absolute atomic E-state index is 12.6. The quantitative estimate of drug-likeness (QED) is 0.719. The summed E-state index contributed by atoms with van der Waals surface area (Å²) in [6.45, 7) is 1.88. The molecule has 5 aliphatic rings. The van der Waals surface area contributed by atoms with Gasteiger partial charge in [-0.25, -0.2) is 0 Å². The van der Waals surface area contributed by atoms with E-state index in [4.69, 9.17) is 0 Å². The van der Waals surface area contributed by atoms with Crippen LogP contribution in [0.1, 0.15) is 38.5 Å². The molecule has 20 heavy (non-hydrogen) atoms. The van der Waals surface area contributed by atoms with Crippen molar-refractivity contribution in [3.8, 4) is 0 Å². The molecule has 112 valence electrons. The molecule has 0 aromatic carbocycles. The molecule has 4 bridgehead atoms. The summed E-state index contributed by atoms with van der Waals surface area (Å²) in [6, 6.07) is 0. The molecule has 1 atom stereocenters. The summed E-state index contributed by atoms with van der Waals surface area (Å²) in [5, 5.41) is 16.5. The third-order valence-corrected chi connectivity index (χ3v) is 6.34. The van der Waals surface area contributed by atoms with Gasteiger partial charge in [-0.15, -0.1) is 0 Å².